The Bertz CT molecular complexity index is 1350. The van der Waals surface area contributed by atoms with E-state index >= 15 is 0 Å². The number of sulfonamides is 1. The predicted molar refractivity (Wildman–Crippen MR) is 149 cm³/mol. The molecule has 0 atom stereocenters. The molecule has 2 aromatic carbocycles. The quantitative estimate of drug-likeness (QED) is 0.112. The lowest BCUT2D eigenvalue weighted by Gasteiger charge is -2.12. The van der Waals surface area contributed by atoms with Crippen LogP contribution in [0.5, 0.6) is 5.75 Å². The molecule has 0 bridgehead atoms. The van der Waals surface area contributed by atoms with Crippen LogP contribution in [0.4, 0.5) is 16.4 Å². The molecule has 0 unspecified atom stereocenters. The third kappa shape index (κ3) is 8.31. The number of nitrogens with one attached hydrogen (secondary N) is 1. The van der Waals surface area contributed by atoms with E-state index in [1.807, 2.05) is 0 Å². The molecule has 1 heterocycles. The molecule has 0 fully saturated rings. The number of hydrogen-bond donors (Lipinski definition) is 3. The monoisotopic (exact) mass is 545 g/mol. The molecule has 4 N–H and O–H groups in total. The Morgan fingerprint density at radius 1 is 1.03 bits per heavy atom. The van der Waals surface area contributed by atoms with Gasteiger partial charge in [0.2, 0.25) is 15.9 Å². The molecule has 0 saturated heterocycles. The lowest BCUT2D eigenvalue weighted by molar-refractivity contribution is -0.116. The molecule has 3 aromatic rings. The second kappa shape index (κ2) is 13.6. The Kier molecular flexibility index (Phi) is 10.5. The summed E-state index contributed by atoms with van der Waals surface area (Å²) in [5, 5.41) is 28.6. The highest BCUT2D eigenvalue weighted by molar-refractivity contribution is 7.89. The van der Waals surface area contributed by atoms with Gasteiger partial charge in [0.15, 0.2) is 5.00 Å². The second-order valence-corrected chi connectivity index (χ2v) is 11.4. The van der Waals surface area contributed by atoms with Gasteiger partial charge in [0.1, 0.15) is 5.75 Å². The van der Waals surface area contributed by atoms with Gasteiger partial charge < -0.3 is 10.4 Å². The highest BCUT2D eigenvalue weighted by Crippen LogP contribution is 2.37. The van der Waals surface area contributed by atoms with Crippen molar-refractivity contribution in [3.05, 3.63) is 35.9 Å². The molecule has 11 heteroatoms. The molecule has 1 amide bonds. The SMILES string of the molecule is CCCCCCC(=O)Nc1cc(N=Nc2snc3ccc(S(N)(=O)=O)cc23)cc(CCCCCC)c1O. The molecule has 37 heavy (non-hydrogen) atoms. The van der Waals surface area contributed by atoms with Crippen LogP contribution in [0.2, 0.25) is 0 Å². The van der Waals surface area contributed by atoms with Gasteiger partial charge in [-0.05, 0) is 66.7 Å². The molecule has 0 saturated carbocycles. The van der Waals surface area contributed by atoms with Crippen molar-refractivity contribution >= 4 is 54.7 Å². The summed E-state index contributed by atoms with van der Waals surface area (Å²) in [5.74, 6) is -0.0974. The number of nitrogens with zero attached hydrogens (tertiary/aromatic N) is 3. The zero-order chi connectivity index (χ0) is 26.8. The predicted octanol–water partition coefficient (Wildman–Crippen LogP) is 7.10. The Morgan fingerprint density at radius 2 is 1.76 bits per heavy atom. The fourth-order valence-corrected chi connectivity index (χ4v) is 5.17. The number of carbonyl (C=O) groups is 1. The summed E-state index contributed by atoms with van der Waals surface area (Å²) in [6.45, 7) is 4.26. The molecular weight excluding hydrogens is 510 g/mol. The summed E-state index contributed by atoms with van der Waals surface area (Å²) in [7, 11) is -3.87. The standard InChI is InChI=1S/C26H35N5O4S2/c1-3-5-7-9-11-18-15-19(16-23(25(18)33)28-24(32)12-10-8-6-4-2)29-30-26-21-17-20(37(27,34)35)13-14-22(21)31-36-26/h13-17,33H,3-12H2,1-2H3,(H,28,32)(H2,27,34,35). The van der Waals surface area contributed by atoms with Gasteiger partial charge in [-0.1, -0.05) is 52.4 Å². The van der Waals surface area contributed by atoms with Crippen molar-refractivity contribution in [2.24, 2.45) is 15.4 Å². The van der Waals surface area contributed by atoms with E-state index in [9.17, 15) is 18.3 Å². The molecule has 3 rings (SSSR count). The Labute approximate surface area is 222 Å². The maximum atomic E-state index is 12.5. The summed E-state index contributed by atoms with van der Waals surface area (Å²) in [5.41, 5.74) is 2.06. The third-order valence-electron chi connectivity index (χ3n) is 6.02. The smallest absolute Gasteiger partial charge is 0.238 e. The van der Waals surface area contributed by atoms with E-state index in [2.05, 4.69) is 33.8 Å². The van der Waals surface area contributed by atoms with Crippen molar-refractivity contribution in [2.45, 2.75) is 83.0 Å². The number of aromatic nitrogens is 1. The van der Waals surface area contributed by atoms with Crippen LogP contribution in [-0.2, 0) is 21.2 Å². The number of carbonyl (C=O) groups excluding carboxylic acids is 1. The fraction of sp³-hybridized carbons (Fsp3) is 0.462. The summed E-state index contributed by atoms with van der Waals surface area (Å²) >= 11 is 1.09. The van der Waals surface area contributed by atoms with E-state index in [1.54, 1.807) is 18.2 Å². The largest absolute Gasteiger partial charge is 0.505 e. The van der Waals surface area contributed by atoms with Gasteiger partial charge in [0.25, 0.3) is 0 Å². The molecule has 0 aliphatic carbocycles. The van der Waals surface area contributed by atoms with Crippen LogP contribution in [0.1, 0.15) is 77.2 Å². The third-order valence-corrected chi connectivity index (χ3v) is 7.69. The number of azo groups is 1. The van der Waals surface area contributed by atoms with E-state index in [-0.39, 0.29) is 16.6 Å². The average Bonchev–Trinajstić information content (AvgIpc) is 3.27. The molecule has 0 radical (unpaired) electrons. The molecule has 1 aromatic heterocycles. The van der Waals surface area contributed by atoms with Crippen LogP contribution < -0.4 is 10.5 Å². The molecule has 0 aliphatic rings. The minimum absolute atomic E-state index is 0.0282. The summed E-state index contributed by atoms with van der Waals surface area (Å²) in [6, 6.07) is 7.77. The van der Waals surface area contributed by atoms with Crippen molar-refractivity contribution in [1.29, 1.82) is 0 Å². The Morgan fingerprint density at radius 3 is 2.46 bits per heavy atom. The second-order valence-electron chi connectivity index (χ2n) is 9.08. The number of anilines is 1. The van der Waals surface area contributed by atoms with E-state index in [0.717, 1.165) is 62.9 Å². The number of nitrogens with two attached hydrogens (primary N) is 1. The van der Waals surface area contributed by atoms with Gasteiger partial charge in [0.05, 0.1) is 21.8 Å². The van der Waals surface area contributed by atoms with E-state index < -0.39 is 10.0 Å². The van der Waals surface area contributed by atoms with E-state index in [4.69, 9.17) is 5.14 Å². The van der Waals surface area contributed by atoms with Crippen molar-refractivity contribution in [3.63, 3.8) is 0 Å². The van der Waals surface area contributed by atoms with Crippen LogP contribution in [0, 0.1) is 0 Å². The van der Waals surface area contributed by atoms with Gasteiger partial charge >= 0.3 is 0 Å². The highest BCUT2D eigenvalue weighted by atomic mass is 32.2. The topological polar surface area (TPSA) is 147 Å². The number of phenolic OH excluding ortho intramolecular Hbond substituents is 1. The van der Waals surface area contributed by atoms with Gasteiger partial charge in [-0.25, -0.2) is 13.6 Å². The first-order valence-corrected chi connectivity index (χ1v) is 15.0. The number of fused-ring (bicyclic) bond motifs is 1. The normalized spacial score (nSPS) is 12.0. The lowest BCUT2D eigenvalue weighted by Crippen LogP contribution is -2.11. The number of rotatable bonds is 14. The van der Waals surface area contributed by atoms with Crippen molar-refractivity contribution in [1.82, 2.24) is 4.37 Å². The van der Waals surface area contributed by atoms with Crippen molar-refractivity contribution in [2.75, 3.05) is 5.32 Å². The molecule has 0 spiro atoms. The van der Waals surface area contributed by atoms with Gasteiger partial charge in [0, 0.05) is 11.8 Å². The van der Waals surface area contributed by atoms with Crippen LogP contribution in [0.15, 0.2) is 45.5 Å². The first-order chi connectivity index (χ1) is 17.7. The Balaban J connectivity index is 1.88. The number of phenols is 1. The molecular formula is C26H35N5O4S2. The van der Waals surface area contributed by atoms with Gasteiger partial charge in [-0.2, -0.15) is 4.37 Å². The van der Waals surface area contributed by atoms with Crippen LogP contribution in [-0.4, -0.2) is 23.8 Å². The summed E-state index contributed by atoms with van der Waals surface area (Å²) < 4.78 is 27.8. The van der Waals surface area contributed by atoms with Crippen LogP contribution >= 0.6 is 11.5 Å². The zero-order valence-electron chi connectivity index (χ0n) is 21.4. The molecule has 9 nitrogen and oxygen atoms in total. The van der Waals surface area contributed by atoms with Crippen molar-refractivity contribution in [3.8, 4) is 5.75 Å². The zero-order valence-corrected chi connectivity index (χ0v) is 23.0. The number of primary sulfonamides is 1. The number of hydrogen-bond acceptors (Lipinski definition) is 8. The fourth-order valence-electron chi connectivity index (χ4n) is 3.95. The lowest BCUT2D eigenvalue weighted by atomic mass is 10.0. The minimum atomic E-state index is -3.87. The number of unbranched alkanes of at least 4 members (excludes halogenated alkanes) is 6. The number of aromatic hydroxyl groups is 1. The maximum absolute atomic E-state index is 12.5. The highest BCUT2D eigenvalue weighted by Gasteiger charge is 2.15. The Hall–Kier alpha value is -2.89. The number of aryl methyl sites for hydroxylation is 1. The first kappa shape index (κ1) is 28.7. The molecule has 0 aliphatic heterocycles. The van der Waals surface area contributed by atoms with E-state index in [0.29, 0.717) is 45.7 Å². The van der Waals surface area contributed by atoms with Gasteiger partial charge in [-0.3, -0.25) is 4.79 Å². The average molecular weight is 546 g/mol. The maximum Gasteiger partial charge on any atom is 0.238 e. The summed E-state index contributed by atoms with van der Waals surface area (Å²) in [6.07, 6.45) is 9.16. The van der Waals surface area contributed by atoms with Crippen LogP contribution in [0.3, 0.4) is 0 Å². The van der Waals surface area contributed by atoms with E-state index in [1.165, 1.54) is 12.1 Å². The number of benzene rings is 2. The first-order valence-electron chi connectivity index (χ1n) is 12.7. The summed E-state index contributed by atoms with van der Waals surface area (Å²) in [4.78, 5) is 12.5. The molecule has 200 valence electrons. The van der Waals surface area contributed by atoms with Gasteiger partial charge in [-0.15, -0.1) is 10.2 Å². The van der Waals surface area contributed by atoms with Crippen molar-refractivity contribution < 1.29 is 18.3 Å². The number of amides is 1. The van der Waals surface area contributed by atoms with Crippen LogP contribution in [0.25, 0.3) is 10.9 Å². The minimum Gasteiger partial charge on any atom is -0.505 e.